The summed E-state index contributed by atoms with van der Waals surface area (Å²) in [5, 5.41) is 3.70. The van der Waals surface area contributed by atoms with Crippen LogP contribution in [0, 0.1) is 6.92 Å². The summed E-state index contributed by atoms with van der Waals surface area (Å²) in [7, 11) is 0. The van der Waals surface area contributed by atoms with Gasteiger partial charge < -0.3 is 14.8 Å². The molecule has 1 aliphatic heterocycles. The first-order chi connectivity index (χ1) is 15.8. The van der Waals surface area contributed by atoms with Crippen LogP contribution in [0.5, 0.6) is 5.75 Å². The molecule has 0 radical (unpaired) electrons. The van der Waals surface area contributed by atoms with Crippen molar-refractivity contribution >= 4 is 17.5 Å². The van der Waals surface area contributed by atoms with E-state index in [-0.39, 0.29) is 12.1 Å². The minimum absolute atomic E-state index is 0.0837. The normalized spacial score (nSPS) is 15.5. The van der Waals surface area contributed by atoms with Crippen molar-refractivity contribution in [1.82, 2.24) is 0 Å². The molecule has 0 bridgehead atoms. The second-order valence-corrected chi connectivity index (χ2v) is 9.44. The maximum absolute atomic E-state index is 12.8. The fraction of sp³-hybridized carbons (Fsp3) is 0.321. The molecule has 1 atom stereocenters. The molecule has 0 saturated carbocycles. The lowest BCUT2D eigenvalue weighted by Crippen LogP contribution is -2.41. The van der Waals surface area contributed by atoms with E-state index >= 15 is 0 Å². The van der Waals surface area contributed by atoms with E-state index < -0.39 is 5.60 Å². The molecule has 3 aromatic rings. The van der Waals surface area contributed by atoms with Gasteiger partial charge in [0.25, 0.3) is 0 Å². The van der Waals surface area contributed by atoms with Gasteiger partial charge in [0.2, 0.25) is 0 Å². The monoisotopic (exact) mass is 444 g/mol. The van der Waals surface area contributed by atoms with Gasteiger partial charge in [0.15, 0.2) is 0 Å². The van der Waals surface area contributed by atoms with E-state index in [0.717, 1.165) is 34.7 Å². The summed E-state index contributed by atoms with van der Waals surface area (Å²) in [6.45, 7) is 8.80. The van der Waals surface area contributed by atoms with Crippen LogP contribution in [-0.2, 0) is 11.3 Å². The SMILES string of the molecule is Cc1ccc(OCc2ccccc2NC2CCN(C(=O)OC(C)(C)C)c3ccccc32)cc1. The van der Waals surface area contributed by atoms with Gasteiger partial charge in [-0.15, -0.1) is 0 Å². The second kappa shape index (κ2) is 9.57. The van der Waals surface area contributed by atoms with Crippen molar-refractivity contribution in [2.24, 2.45) is 0 Å². The van der Waals surface area contributed by atoms with Gasteiger partial charge in [-0.3, -0.25) is 4.90 Å². The zero-order valence-electron chi connectivity index (χ0n) is 19.8. The van der Waals surface area contributed by atoms with E-state index in [0.29, 0.717) is 13.2 Å². The number of para-hydroxylation sites is 2. The number of anilines is 2. The largest absolute Gasteiger partial charge is 0.489 e. The molecule has 172 valence electrons. The number of benzene rings is 3. The zero-order chi connectivity index (χ0) is 23.4. The highest BCUT2D eigenvalue weighted by Crippen LogP contribution is 2.37. The molecule has 5 nitrogen and oxygen atoms in total. The molecule has 1 aliphatic rings. The second-order valence-electron chi connectivity index (χ2n) is 9.44. The number of hydrogen-bond acceptors (Lipinski definition) is 4. The first-order valence-corrected chi connectivity index (χ1v) is 11.4. The van der Waals surface area contributed by atoms with Gasteiger partial charge >= 0.3 is 6.09 Å². The highest BCUT2D eigenvalue weighted by molar-refractivity contribution is 5.90. The Labute approximate surface area is 196 Å². The van der Waals surface area contributed by atoms with Crippen LogP contribution in [0.1, 0.15) is 49.9 Å². The molecule has 0 fully saturated rings. The Morgan fingerprint density at radius 3 is 2.45 bits per heavy atom. The maximum atomic E-state index is 12.8. The Kier molecular flexibility index (Phi) is 6.59. The van der Waals surface area contributed by atoms with E-state index in [4.69, 9.17) is 9.47 Å². The highest BCUT2D eigenvalue weighted by Gasteiger charge is 2.31. The summed E-state index contributed by atoms with van der Waals surface area (Å²) in [5.74, 6) is 0.853. The first-order valence-electron chi connectivity index (χ1n) is 11.4. The van der Waals surface area contributed by atoms with Crippen LogP contribution in [0.15, 0.2) is 72.8 Å². The first kappa shape index (κ1) is 22.7. The Balaban J connectivity index is 1.51. The Hall–Kier alpha value is -3.47. The van der Waals surface area contributed by atoms with Gasteiger partial charge in [0.05, 0.1) is 11.7 Å². The van der Waals surface area contributed by atoms with E-state index in [1.54, 1.807) is 4.90 Å². The van der Waals surface area contributed by atoms with Gasteiger partial charge in [-0.05, 0) is 63.9 Å². The van der Waals surface area contributed by atoms with Crippen LogP contribution in [0.25, 0.3) is 0 Å². The summed E-state index contributed by atoms with van der Waals surface area (Å²) in [5.41, 5.74) is 4.78. The van der Waals surface area contributed by atoms with Crippen molar-refractivity contribution in [3.63, 3.8) is 0 Å². The quantitative estimate of drug-likeness (QED) is 0.466. The van der Waals surface area contributed by atoms with Crippen molar-refractivity contribution in [1.29, 1.82) is 0 Å². The third kappa shape index (κ3) is 5.67. The summed E-state index contributed by atoms with van der Waals surface area (Å²) in [6.07, 6.45) is 0.476. The predicted molar refractivity (Wildman–Crippen MR) is 133 cm³/mol. The molecular weight excluding hydrogens is 412 g/mol. The van der Waals surface area contributed by atoms with Crippen LogP contribution in [-0.4, -0.2) is 18.2 Å². The minimum Gasteiger partial charge on any atom is -0.489 e. The van der Waals surface area contributed by atoms with Crippen molar-refractivity contribution in [3.05, 3.63) is 89.5 Å². The molecule has 1 heterocycles. The molecule has 0 spiro atoms. The van der Waals surface area contributed by atoms with Gasteiger partial charge in [-0.25, -0.2) is 4.79 Å². The third-order valence-electron chi connectivity index (χ3n) is 5.62. The number of fused-ring (bicyclic) bond motifs is 1. The van der Waals surface area contributed by atoms with Crippen LogP contribution in [0.2, 0.25) is 0 Å². The Morgan fingerprint density at radius 2 is 1.70 bits per heavy atom. The number of aryl methyl sites for hydroxylation is 1. The average Bonchev–Trinajstić information content (AvgIpc) is 2.78. The fourth-order valence-electron chi connectivity index (χ4n) is 3.99. The maximum Gasteiger partial charge on any atom is 0.414 e. The summed E-state index contributed by atoms with van der Waals surface area (Å²) >= 11 is 0. The molecule has 1 amide bonds. The molecule has 0 saturated heterocycles. The average molecular weight is 445 g/mol. The van der Waals surface area contributed by atoms with Crippen molar-refractivity contribution in [3.8, 4) is 5.75 Å². The van der Waals surface area contributed by atoms with Gasteiger partial charge in [0.1, 0.15) is 18.0 Å². The number of nitrogens with zero attached hydrogens (tertiary/aromatic N) is 1. The summed E-state index contributed by atoms with van der Waals surface area (Å²) in [4.78, 5) is 14.5. The van der Waals surface area contributed by atoms with Crippen LogP contribution in [0.4, 0.5) is 16.2 Å². The standard InChI is InChI=1S/C28H32N2O3/c1-20-13-15-22(16-14-20)32-19-21-9-5-7-11-24(21)29-25-17-18-30(27(31)33-28(2,3)4)26-12-8-6-10-23(25)26/h5-16,25,29H,17-19H2,1-4H3. The van der Waals surface area contributed by atoms with Gasteiger partial charge in [0, 0.05) is 17.8 Å². The molecule has 1 N–H and O–H groups in total. The van der Waals surface area contributed by atoms with E-state index in [1.165, 1.54) is 5.56 Å². The summed E-state index contributed by atoms with van der Waals surface area (Å²) < 4.78 is 11.7. The van der Waals surface area contributed by atoms with Crippen LogP contribution in [0.3, 0.4) is 0 Å². The number of rotatable bonds is 5. The van der Waals surface area contributed by atoms with E-state index in [1.807, 2.05) is 63.2 Å². The van der Waals surface area contributed by atoms with Crippen molar-refractivity contribution in [2.45, 2.75) is 52.4 Å². The number of ether oxygens (including phenoxy) is 2. The Morgan fingerprint density at radius 1 is 1.00 bits per heavy atom. The van der Waals surface area contributed by atoms with Crippen molar-refractivity contribution in [2.75, 3.05) is 16.8 Å². The zero-order valence-corrected chi connectivity index (χ0v) is 19.8. The van der Waals surface area contributed by atoms with Crippen LogP contribution >= 0.6 is 0 Å². The topological polar surface area (TPSA) is 50.8 Å². The number of carbonyl (C=O) groups is 1. The summed E-state index contributed by atoms with van der Waals surface area (Å²) in [6, 6.07) is 24.4. The van der Waals surface area contributed by atoms with Crippen molar-refractivity contribution < 1.29 is 14.3 Å². The number of hydrogen-bond donors (Lipinski definition) is 1. The third-order valence-corrected chi connectivity index (χ3v) is 5.62. The smallest absolute Gasteiger partial charge is 0.414 e. The predicted octanol–water partition coefficient (Wildman–Crippen LogP) is 6.87. The fourth-order valence-corrected chi connectivity index (χ4v) is 3.99. The number of carbonyl (C=O) groups excluding carboxylic acids is 1. The van der Waals surface area contributed by atoms with E-state index in [2.05, 4.69) is 42.6 Å². The van der Waals surface area contributed by atoms with Crippen LogP contribution < -0.4 is 15.0 Å². The lowest BCUT2D eigenvalue weighted by molar-refractivity contribution is 0.0577. The Bertz CT molecular complexity index is 1100. The molecule has 1 unspecified atom stereocenters. The lowest BCUT2D eigenvalue weighted by atomic mass is 9.96. The molecular formula is C28H32N2O3. The van der Waals surface area contributed by atoms with Gasteiger partial charge in [-0.1, -0.05) is 54.1 Å². The number of amides is 1. The van der Waals surface area contributed by atoms with Gasteiger partial charge in [-0.2, -0.15) is 0 Å². The molecule has 3 aromatic carbocycles. The molecule has 5 heteroatoms. The van der Waals surface area contributed by atoms with E-state index in [9.17, 15) is 4.79 Å². The molecule has 33 heavy (non-hydrogen) atoms. The minimum atomic E-state index is -0.530. The molecule has 4 rings (SSSR count). The lowest BCUT2D eigenvalue weighted by Gasteiger charge is -2.36. The molecule has 0 aliphatic carbocycles. The molecule has 0 aromatic heterocycles. The number of nitrogens with one attached hydrogen (secondary N) is 1. The highest BCUT2D eigenvalue weighted by atomic mass is 16.6.